The second kappa shape index (κ2) is 8.35. The Morgan fingerprint density at radius 1 is 0.800 bits per heavy atom. The summed E-state index contributed by atoms with van der Waals surface area (Å²) in [6.07, 6.45) is 6.36. The number of hydrogen-bond donors (Lipinski definition) is 0. The van der Waals surface area contributed by atoms with Gasteiger partial charge in [0.15, 0.2) is 0 Å². The summed E-state index contributed by atoms with van der Waals surface area (Å²) < 4.78 is 34.0. The van der Waals surface area contributed by atoms with Crippen molar-refractivity contribution in [2.45, 2.75) is 96.5 Å². The quantitative estimate of drug-likeness (QED) is 0.612. The van der Waals surface area contributed by atoms with Gasteiger partial charge in [0, 0.05) is 6.42 Å². The van der Waals surface area contributed by atoms with Gasteiger partial charge in [-0.3, -0.25) is 4.79 Å². The molecule has 4 heteroatoms. The molecule has 3 rings (SSSR count). The first-order valence-electron chi connectivity index (χ1n) is 10.4. The number of halogens is 2. The van der Waals surface area contributed by atoms with Crippen molar-refractivity contribution in [1.29, 1.82) is 0 Å². The monoisotopic (exact) mass is 356 g/mol. The highest BCUT2D eigenvalue weighted by atomic mass is 19.1. The lowest BCUT2D eigenvalue weighted by atomic mass is 9.69. The summed E-state index contributed by atoms with van der Waals surface area (Å²) in [5.74, 6) is 0.862. The van der Waals surface area contributed by atoms with Gasteiger partial charge < -0.3 is 4.74 Å². The van der Waals surface area contributed by atoms with E-state index in [9.17, 15) is 13.6 Å². The lowest BCUT2D eigenvalue weighted by Gasteiger charge is -2.38. The van der Waals surface area contributed by atoms with Crippen LogP contribution in [0, 0.1) is 29.6 Å². The molecule has 0 aromatic heterocycles. The van der Waals surface area contributed by atoms with Crippen LogP contribution in [0.15, 0.2) is 0 Å². The van der Waals surface area contributed by atoms with Gasteiger partial charge in [-0.05, 0) is 68.6 Å². The fraction of sp³-hybridized carbons (Fsp3) is 0.952. The summed E-state index contributed by atoms with van der Waals surface area (Å²) in [6, 6.07) is 0. The number of ether oxygens (including phenoxy) is 1. The van der Waals surface area contributed by atoms with Crippen LogP contribution in [0.1, 0.15) is 78.1 Å². The molecule has 3 aliphatic rings. The predicted molar refractivity (Wildman–Crippen MR) is 94.6 cm³/mol. The molecule has 3 aliphatic carbocycles. The molecule has 0 heterocycles. The van der Waals surface area contributed by atoms with Crippen molar-refractivity contribution >= 4 is 5.97 Å². The van der Waals surface area contributed by atoms with Crippen LogP contribution in [0.5, 0.6) is 0 Å². The summed E-state index contributed by atoms with van der Waals surface area (Å²) in [5, 5.41) is 0. The number of carbonyl (C=O) groups is 1. The third kappa shape index (κ3) is 4.74. The van der Waals surface area contributed by atoms with Crippen LogP contribution in [0.2, 0.25) is 0 Å². The summed E-state index contributed by atoms with van der Waals surface area (Å²) >= 11 is 0. The Balaban J connectivity index is 1.47. The SMILES string of the molecule is CC1CCC(C2CCC(C(=O)OC3CCC(C)C(F)C3)C(F)C2)CC1. The van der Waals surface area contributed by atoms with Gasteiger partial charge in [0.05, 0.1) is 5.92 Å². The fourth-order valence-corrected chi connectivity index (χ4v) is 5.19. The highest BCUT2D eigenvalue weighted by Gasteiger charge is 2.40. The second-order valence-electron chi connectivity index (χ2n) is 9.08. The molecule has 0 spiro atoms. The van der Waals surface area contributed by atoms with Crippen molar-refractivity contribution in [3.8, 4) is 0 Å². The maximum absolute atomic E-state index is 14.7. The van der Waals surface area contributed by atoms with E-state index in [2.05, 4.69) is 6.92 Å². The van der Waals surface area contributed by atoms with E-state index in [-0.39, 0.29) is 18.4 Å². The van der Waals surface area contributed by atoms with Crippen LogP contribution in [0.4, 0.5) is 8.78 Å². The van der Waals surface area contributed by atoms with E-state index in [1.165, 1.54) is 25.7 Å². The zero-order valence-electron chi connectivity index (χ0n) is 15.8. The van der Waals surface area contributed by atoms with E-state index in [0.717, 1.165) is 18.8 Å². The highest BCUT2D eigenvalue weighted by molar-refractivity contribution is 5.73. The fourth-order valence-electron chi connectivity index (χ4n) is 5.19. The molecule has 0 aromatic carbocycles. The third-order valence-electron chi connectivity index (χ3n) is 7.18. The van der Waals surface area contributed by atoms with E-state index in [1.807, 2.05) is 6.92 Å². The molecule has 0 amide bonds. The second-order valence-corrected chi connectivity index (χ2v) is 9.08. The first-order chi connectivity index (χ1) is 11.9. The Labute approximate surface area is 151 Å². The molecule has 6 unspecified atom stereocenters. The summed E-state index contributed by atoms with van der Waals surface area (Å²) in [4.78, 5) is 12.4. The zero-order valence-corrected chi connectivity index (χ0v) is 15.8. The van der Waals surface area contributed by atoms with Crippen molar-refractivity contribution in [3.05, 3.63) is 0 Å². The van der Waals surface area contributed by atoms with Crippen LogP contribution in [-0.4, -0.2) is 24.4 Å². The lowest BCUT2D eigenvalue weighted by molar-refractivity contribution is -0.161. The molecule has 3 saturated carbocycles. The largest absolute Gasteiger partial charge is 0.462 e. The van der Waals surface area contributed by atoms with Crippen molar-refractivity contribution in [2.24, 2.45) is 29.6 Å². The predicted octanol–water partition coefficient (Wildman–Crippen LogP) is 5.64. The third-order valence-corrected chi connectivity index (χ3v) is 7.18. The minimum absolute atomic E-state index is 0.0394. The first-order valence-corrected chi connectivity index (χ1v) is 10.4. The van der Waals surface area contributed by atoms with Crippen molar-refractivity contribution < 1.29 is 18.3 Å². The first kappa shape index (κ1) is 19.1. The van der Waals surface area contributed by atoms with E-state index >= 15 is 0 Å². The standard InChI is InChI=1S/C21H34F2O2/c1-13-3-6-15(7-4-13)16-8-10-18(20(23)11-16)21(24)25-17-9-5-14(2)19(22)12-17/h13-20H,3-12H2,1-2H3. The van der Waals surface area contributed by atoms with E-state index in [4.69, 9.17) is 4.74 Å². The Hall–Kier alpha value is -0.670. The minimum atomic E-state index is -1.09. The van der Waals surface area contributed by atoms with E-state index < -0.39 is 24.2 Å². The Morgan fingerprint density at radius 2 is 1.48 bits per heavy atom. The Morgan fingerprint density at radius 3 is 2.12 bits per heavy atom. The van der Waals surface area contributed by atoms with Crippen molar-refractivity contribution in [2.75, 3.05) is 0 Å². The number of alkyl halides is 2. The topological polar surface area (TPSA) is 26.3 Å². The summed E-state index contributed by atoms with van der Waals surface area (Å²) in [6.45, 7) is 4.20. The summed E-state index contributed by atoms with van der Waals surface area (Å²) in [7, 11) is 0. The molecule has 0 aromatic rings. The average Bonchev–Trinajstić information content (AvgIpc) is 2.58. The smallest absolute Gasteiger partial charge is 0.312 e. The van der Waals surface area contributed by atoms with Gasteiger partial charge in [-0.1, -0.05) is 26.7 Å². The zero-order chi connectivity index (χ0) is 18.0. The van der Waals surface area contributed by atoms with Gasteiger partial charge in [0.2, 0.25) is 0 Å². The molecule has 0 aliphatic heterocycles. The molecule has 25 heavy (non-hydrogen) atoms. The van der Waals surface area contributed by atoms with Gasteiger partial charge in [-0.2, -0.15) is 0 Å². The maximum atomic E-state index is 14.7. The minimum Gasteiger partial charge on any atom is -0.462 e. The molecule has 6 atom stereocenters. The van der Waals surface area contributed by atoms with Gasteiger partial charge >= 0.3 is 5.97 Å². The Kier molecular flexibility index (Phi) is 6.38. The van der Waals surface area contributed by atoms with Crippen LogP contribution < -0.4 is 0 Å². The van der Waals surface area contributed by atoms with Gasteiger partial charge in [-0.25, -0.2) is 8.78 Å². The number of rotatable bonds is 3. The maximum Gasteiger partial charge on any atom is 0.312 e. The molecule has 144 valence electrons. The number of hydrogen-bond acceptors (Lipinski definition) is 2. The lowest BCUT2D eigenvalue weighted by Crippen LogP contribution is -2.39. The normalized spacial score (nSPS) is 45.8. The van der Waals surface area contributed by atoms with Gasteiger partial charge in [0.1, 0.15) is 18.4 Å². The van der Waals surface area contributed by atoms with Crippen LogP contribution in [-0.2, 0) is 9.53 Å². The van der Waals surface area contributed by atoms with Crippen LogP contribution in [0.3, 0.4) is 0 Å². The molecular formula is C21H34F2O2. The summed E-state index contributed by atoms with van der Waals surface area (Å²) in [5.41, 5.74) is 0. The molecule has 0 N–H and O–H groups in total. The van der Waals surface area contributed by atoms with Crippen LogP contribution >= 0.6 is 0 Å². The molecular weight excluding hydrogens is 322 g/mol. The van der Waals surface area contributed by atoms with E-state index in [1.54, 1.807) is 0 Å². The molecule has 0 saturated heterocycles. The molecule has 0 bridgehead atoms. The van der Waals surface area contributed by atoms with Crippen molar-refractivity contribution in [1.82, 2.24) is 0 Å². The number of carbonyl (C=O) groups excluding carboxylic acids is 1. The Bertz CT molecular complexity index is 447. The molecule has 2 nitrogen and oxygen atoms in total. The van der Waals surface area contributed by atoms with Crippen molar-refractivity contribution in [3.63, 3.8) is 0 Å². The average molecular weight is 356 g/mol. The highest BCUT2D eigenvalue weighted by Crippen LogP contribution is 2.42. The molecule has 3 fully saturated rings. The van der Waals surface area contributed by atoms with Crippen LogP contribution in [0.25, 0.3) is 0 Å². The number of esters is 1. The van der Waals surface area contributed by atoms with Gasteiger partial charge in [0.25, 0.3) is 0 Å². The van der Waals surface area contributed by atoms with E-state index in [0.29, 0.717) is 31.1 Å². The van der Waals surface area contributed by atoms with Gasteiger partial charge in [-0.15, -0.1) is 0 Å². The molecule has 0 radical (unpaired) electrons.